The summed E-state index contributed by atoms with van der Waals surface area (Å²) in [6, 6.07) is 14.4. The highest BCUT2D eigenvalue weighted by atomic mass is 16.5. The number of anilines is 1. The lowest BCUT2D eigenvalue weighted by Crippen LogP contribution is -2.42. The van der Waals surface area contributed by atoms with Crippen molar-refractivity contribution in [3.05, 3.63) is 59.2 Å². The molecule has 2 unspecified atom stereocenters. The van der Waals surface area contributed by atoms with Crippen molar-refractivity contribution < 1.29 is 14.3 Å². The molecule has 5 nitrogen and oxygen atoms in total. The summed E-state index contributed by atoms with van der Waals surface area (Å²) < 4.78 is 6.18. The molecule has 1 aliphatic heterocycles. The maximum Gasteiger partial charge on any atom is 0.264 e. The van der Waals surface area contributed by atoms with Crippen LogP contribution in [0.4, 0.5) is 5.69 Å². The number of nitrogens with one attached hydrogen (secondary N) is 1. The van der Waals surface area contributed by atoms with Gasteiger partial charge in [0.05, 0.1) is 12.6 Å². The average Bonchev–Trinajstić information content (AvgIpc) is 3.32. The molecular formula is C27H32N2O3. The largest absolute Gasteiger partial charge is 0.480 e. The molecule has 0 radical (unpaired) electrons. The van der Waals surface area contributed by atoms with E-state index < -0.39 is 6.10 Å². The van der Waals surface area contributed by atoms with E-state index in [4.69, 9.17) is 4.74 Å². The number of amides is 2. The van der Waals surface area contributed by atoms with Gasteiger partial charge >= 0.3 is 0 Å². The van der Waals surface area contributed by atoms with Gasteiger partial charge in [0.2, 0.25) is 5.91 Å². The van der Waals surface area contributed by atoms with Gasteiger partial charge in [0.1, 0.15) is 5.75 Å². The van der Waals surface area contributed by atoms with Crippen molar-refractivity contribution >= 4 is 17.5 Å². The fraction of sp³-hybridized carbons (Fsp3) is 0.481. The third-order valence-corrected chi connectivity index (χ3v) is 7.31. The lowest BCUT2D eigenvalue weighted by atomic mass is 9.86. The van der Waals surface area contributed by atoms with Crippen LogP contribution in [-0.4, -0.2) is 22.8 Å². The van der Waals surface area contributed by atoms with Gasteiger partial charge in [-0.3, -0.25) is 9.59 Å². The summed E-state index contributed by atoms with van der Waals surface area (Å²) in [6.07, 6.45) is 7.47. The fourth-order valence-electron chi connectivity index (χ4n) is 5.55. The molecule has 3 aliphatic rings. The topological polar surface area (TPSA) is 58.6 Å². The van der Waals surface area contributed by atoms with Crippen LogP contribution < -0.4 is 10.1 Å². The number of hydrogen-bond acceptors (Lipinski definition) is 3. The summed E-state index contributed by atoms with van der Waals surface area (Å²) in [6.45, 7) is 2.49. The Kier molecular flexibility index (Phi) is 5.90. The predicted octanol–water partition coefficient (Wildman–Crippen LogP) is 5.39. The molecular weight excluding hydrogens is 400 g/mol. The number of ether oxygens (including phenoxy) is 1. The Morgan fingerprint density at radius 2 is 1.88 bits per heavy atom. The second-order valence-corrected chi connectivity index (χ2v) is 9.38. The maximum absolute atomic E-state index is 13.5. The minimum atomic E-state index is -0.482. The van der Waals surface area contributed by atoms with Crippen molar-refractivity contribution in [3.8, 4) is 5.75 Å². The van der Waals surface area contributed by atoms with Crippen LogP contribution in [0.2, 0.25) is 0 Å². The molecule has 0 saturated heterocycles. The Balaban J connectivity index is 1.45. The van der Waals surface area contributed by atoms with E-state index in [1.165, 1.54) is 11.1 Å². The molecule has 5 rings (SSSR count). The van der Waals surface area contributed by atoms with Crippen LogP contribution in [0.25, 0.3) is 0 Å². The van der Waals surface area contributed by atoms with Crippen LogP contribution in [0.3, 0.4) is 0 Å². The smallest absolute Gasteiger partial charge is 0.264 e. The van der Waals surface area contributed by atoms with Crippen molar-refractivity contribution in [3.63, 3.8) is 0 Å². The fourth-order valence-corrected chi connectivity index (χ4v) is 5.55. The molecule has 1 heterocycles. The number of hydrogen-bond donors (Lipinski definition) is 1. The van der Waals surface area contributed by atoms with Crippen LogP contribution in [0.1, 0.15) is 74.6 Å². The van der Waals surface area contributed by atoms with E-state index in [9.17, 15) is 9.59 Å². The van der Waals surface area contributed by atoms with Crippen molar-refractivity contribution in [2.24, 2.45) is 5.92 Å². The van der Waals surface area contributed by atoms with Gasteiger partial charge in [-0.1, -0.05) is 44.0 Å². The Morgan fingerprint density at radius 3 is 2.69 bits per heavy atom. The zero-order chi connectivity index (χ0) is 22.1. The summed E-state index contributed by atoms with van der Waals surface area (Å²) >= 11 is 0. The van der Waals surface area contributed by atoms with E-state index in [1.807, 2.05) is 30.0 Å². The van der Waals surface area contributed by atoms with E-state index in [-0.39, 0.29) is 23.8 Å². The number of rotatable bonds is 4. The molecule has 0 bridgehead atoms. The molecule has 168 valence electrons. The normalized spacial score (nSPS) is 23.2. The van der Waals surface area contributed by atoms with Crippen LogP contribution in [0.15, 0.2) is 42.5 Å². The van der Waals surface area contributed by atoms with Gasteiger partial charge in [-0.15, -0.1) is 0 Å². The highest BCUT2D eigenvalue weighted by Crippen LogP contribution is 2.39. The summed E-state index contributed by atoms with van der Waals surface area (Å²) in [7, 11) is 0. The summed E-state index contributed by atoms with van der Waals surface area (Å²) in [4.78, 5) is 28.2. The summed E-state index contributed by atoms with van der Waals surface area (Å²) in [5.74, 6) is 1.03. The summed E-state index contributed by atoms with van der Waals surface area (Å²) in [5, 5.41) is 3.10. The van der Waals surface area contributed by atoms with E-state index in [0.717, 1.165) is 61.9 Å². The highest BCUT2D eigenvalue weighted by Gasteiger charge is 2.36. The third-order valence-electron chi connectivity index (χ3n) is 7.31. The lowest BCUT2D eigenvalue weighted by molar-refractivity contribution is -0.141. The number of benzene rings is 2. The zero-order valence-electron chi connectivity index (χ0n) is 18.8. The van der Waals surface area contributed by atoms with Crippen LogP contribution in [0.5, 0.6) is 5.75 Å². The van der Waals surface area contributed by atoms with Crippen molar-refractivity contribution in [2.75, 3.05) is 5.32 Å². The summed E-state index contributed by atoms with van der Waals surface area (Å²) in [5.41, 5.74) is 4.35. The SMILES string of the molecule is CCC1Oc2ccc(NC(=O)C3CCCC3)cc2CN(C2CCCc3ccccc32)C1=O. The highest BCUT2D eigenvalue weighted by molar-refractivity contribution is 5.93. The molecule has 2 atom stereocenters. The first-order valence-electron chi connectivity index (χ1n) is 12.1. The Labute approximate surface area is 190 Å². The average molecular weight is 433 g/mol. The number of aryl methyl sites for hydroxylation is 1. The minimum absolute atomic E-state index is 0.0574. The first-order chi connectivity index (χ1) is 15.6. The number of carbonyl (C=O) groups excluding carboxylic acids is 2. The van der Waals surface area contributed by atoms with Crippen LogP contribution >= 0.6 is 0 Å². The Hall–Kier alpha value is -2.82. The van der Waals surface area contributed by atoms with E-state index >= 15 is 0 Å². The van der Waals surface area contributed by atoms with Gasteiger partial charge in [0.25, 0.3) is 5.91 Å². The molecule has 5 heteroatoms. The number of carbonyl (C=O) groups is 2. The molecule has 0 aromatic heterocycles. The number of fused-ring (bicyclic) bond motifs is 2. The van der Waals surface area contributed by atoms with Crippen LogP contribution in [-0.2, 0) is 22.6 Å². The van der Waals surface area contributed by atoms with Crippen LogP contribution in [0, 0.1) is 5.92 Å². The van der Waals surface area contributed by atoms with Crippen molar-refractivity contribution in [2.45, 2.75) is 77.0 Å². The van der Waals surface area contributed by atoms with Gasteiger partial charge < -0.3 is 15.0 Å². The molecule has 2 aliphatic carbocycles. The van der Waals surface area contributed by atoms with Gasteiger partial charge in [-0.05, 0) is 67.9 Å². The van der Waals surface area contributed by atoms with Gasteiger partial charge in [-0.25, -0.2) is 0 Å². The minimum Gasteiger partial charge on any atom is -0.480 e. The van der Waals surface area contributed by atoms with Gasteiger partial charge in [0.15, 0.2) is 6.10 Å². The Bertz CT molecular complexity index is 1010. The molecule has 2 aromatic carbocycles. The molecule has 32 heavy (non-hydrogen) atoms. The first kappa shape index (κ1) is 21.0. The van der Waals surface area contributed by atoms with E-state index in [0.29, 0.717) is 13.0 Å². The number of nitrogens with zero attached hydrogens (tertiary/aromatic N) is 1. The molecule has 1 N–H and O–H groups in total. The third kappa shape index (κ3) is 4.01. The second kappa shape index (κ2) is 8.97. The molecule has 2 amide bonds. The maximum atomic E-state index is 13.5. The standard InChI is InChI=1S/C27H32N2O3/c1-2-24-27(31)29(23-13-7-11-18-8-5-6-12-22(18)23)17-20-16-21(14-15-25(20)32-24)28-26(30)19-9-3-4-10-19/h5-6,8,12,14-16,19,23-24H,2-4,7,9-11,13,17H2,1H3,(H,28,30). The van der Waals surface area contributed by atoms with Crippen molar-refractivity contribution in [1.29, 1.82) is 0 Å². The zero-order valence-corrected chi connectivity index (χ0v) is 18.8. The Morgan fingerprint density at radius 1 is 1.06 bits per heavy atom. The van der Waals surface area contributed by atoms with Crippen molar-refractivity contribution in [1.82, 2.24) is 4.90 Å². The first-order valence-corrected chi connectivity index (χ1v) is 12.1. The molecule has 2 aromatic rings. The quantitative estimate of drug-likeness (QED) is 0.704. The lowest BCUT2D eigenvalue weighted by Gasteiger charge is -2.36. The van der Waals surface area contributed by atoms with Gasteiger partial charge in [-0.2, -0.15) is 0 Å². The van der Waals surface area contributed by atoms with E-state index in [2.05, 4.69) is 29.6 Å². The monoisotopic (exact) mass is 432 g/mol. The molecule has 1 fully saturated rings. The van der Waals surface area contributed by atoms with Gasteiger partial charge in [0, 0.05) is 17.2 Å². The predicted molar refractivity (Wildman–Crippen MR) is 124 cm³/mol. The second-order valence-electron chi connectivity index (χ2n) is 9.38. The molecule has 1 saturated carbocycles. The molecule has 0 spiro atoms. The van der Waals surface area contributed by atoms with E-state index in [1.54, 1.807) is 0 Å².